The Kier molecular flexibility index (Phi) is 5.82. The lowest BCUT2D eigenvalue weighted by atomic mass is 9.88. The monoisotopic (exact) mass is 435 g/mol. The summed E-state index contributed by atoms with van der Waals surface area (Å²) in [6, 6.07) is 7.19. The molecule has 0 bridgehead atoms. The highest BCUT2D eigenvalue weighted by atomic mass is 79.9. The SMILES string of the molecule is CC1CCc2c(sc(NC(=O)c3cccc(Br)c3)c2C(=O)OC(C)C)C1. The third kappa shape index (κ3) is 4.18. The number of thiophene rings is 1. The third-order valence-corrected chi connectivity index (χ3v) is 6.04. The molecule has 0 radical (unpaired) electrons. The summed E-state index contributed by atoms with van der Waals surface area (Å²) in [5.74, 6) is 0.0110. The van der Waals surface area contributed by atoms with Gasteiger partial charge in [-0.05, 0) is 62.8 Å². The average Bonchev–Trinajstić information content (AvgIpc) is 2.91. The smallest absolute Gasteiger partial charge is 0.341 e. The predicted molar refractivity (Wildman–Crippen MR) is 108 cm³/mol. The topological polar surface area (TPSA) is 55.4 Å². The van der Waals surface area contributed by atoms with E-state index in [2.05, 4.69) is 28.2 Å². The Morgan fingerprint density at radius 3 is 2.81 bits per heavy atom. The molecule has 3 rings (SSSR count). The molecule has 0 saturated heterocycles. The normalized spacial score (nSPS) is 16.3. The summed E-state index contributed by atoms with van der Waals surface area (Å²) in [6.07, 6.45) is 2.64. The summed E-state index contributed by atoms with van der Waals surface area (Å²) in [5, 5.41) is 3.54. The molecule has 1 heterocycles. The molecule has 0 aliphatic heterocycles. The Hall–Kier alpha value is -1.66. The summed E-state index contributed by atoms with van der Waals surface area (Å²) in [5.41, 5.74) is 2.12. The zero-order valence-corrected chi connectivity index (χ0v) is 17.5. The second-order valence-corrected chi connectivity index (χ2v) is 9.00. The molecule has 1 aromatic heterocycles. The Balaban J connectivity index is 1.95. The van der Waals surface area contributed by atoms with Crippen molar-refractivity contribution < 1.29 is 14.3 Å². The van der Waals surface area contributed by atoms with Crippen molar-refractivity contribution in [2.45, 2.75) is 46.1 Å². The second-order valence-electron chi connectivity index (χ2n) is 6.97. The van der Waals surface area contributed by atoms with Crippen LogP contribution in [-0.2, 0) is 17.6 Å². The molecule has 2 aromatic rings. The zero-order valence-electron chi connectivity index (χ0n) is 15.1. The number of halogens is 1. The molecule has 1 aliphatic carbocycles. The summed E-state index contributed by atoms with van der Waals surface area (Å²) >= 11 is 4.89. The van der Waals surface area contributed by atoms with E-state index in [4.69, 9.17) is 4.74 Å². The highest BCUT2D eigenvalue weighted by Crippen LogP contribution is 2.40. The van der Waals surface area contributed by atoms with Crippen molar-refractivity contribution in [1.29, 1.82) is 0 Å². The predicted octanol–water partition coefficient (Wildman–Crippen LogP) is 5.45. The van der Waals surface area contributed by atoms with Crippen molar-refractivity contribution in [3.63, 3.8) is 0 Å². The number of fused-ring (bicyclic) bond motifs is 1. The fourth-order valence-electron chi connectivity index (χ4n) is 3.13. The quantitative estimate of drug-likeness (QED) is 0.649. The van der Waals surface area contributed by atoms with Gasteiger partial charge in [0.2, 0.25) is 0 Å². The van der Waals surface area contributed by atoms with E-state index in [9.17, 15) is 9.59 Å². The van der Waals surface area contributed by atoms with Crippen LogP contribution < -0.4 is 5.32 Å². The molecule has 1 unspecified atom stereocenters. The molecule has 138 valence electrons. The number of hydrogen-bond donors (Lipinski definition) is 1. The molecule has 0 spiro atoms. The highest BCUT2D eigenvalue weighted by molar-refractivity contribution is 9.10. The molecule has 1 atom stereocenters. The van der Waals surface area contributed by atoms with Gasteiger partial charge in [0, 0.05) is 14.9 Å². The fourth-order valence-corrected chi connectivity index (χ4v) is 4.93. The number of carbonyl (C=O) groups is 2. The van der Waals surface area contributed by atoms with Gasteiger partial charge in [0.15, 0.2) is 0 Å². The van der Waals surface area contributed by atoms with Crippen molar-refractivity contribution in [2.75, 3.05) is 5.32 Å². The standard InChI is InChI=1S/C20H22BrNO3S/c1-11(2)25-20(24)17-15-8-7-12(3)9-16(15)26-19(17)22-18(23)13-5-4-6-14(21)10-13/h4-6,10-12H,7-9H2,1-3H3,(H,22,23). The van der Waals surface area contributed by atoms with Crippen LogP contribution in [0.1, 0.15) is 58.3 Å². The number of anilines is 1. The van der Waals surface area contributed by atoms with Crippen LogP contribution in [0.4, 0.5) is 5.00 Å². The number of hydrogen-bond acceptors (Lipinski definition) is 4. The van der Waals surface area contributed by atoms with Crippen LogP contribution in [0.2, 0.25) is 0 Å². The molecular weight excluding hydrogens is 414 g/mol. The largest absolute Gasteiger partial charge is 0.459 e. The Morgan fingerprint density at radius 2 is 2.12 bits per heavy atom. The molecule has 0 fully saturated rings. The first-order chi connectivity index (χ1) is 12.3. The number of esters is 1. The van der Waals surface area contributed by atoms with Gasteiger partial charge in [0.25, 0.3) is 5.91 Å². The lowest BCUT2D eigenvalue weighted by Gasteiger charge is -2.18. The molecule has 1 N–H and O–H groups in total. The maximum Gasteiger partial charge on any atom is 0.341 e. The molecule has 4 nitrogen and oxygen atoms in total. The van der Waals surface area contributed by atoms with Crippen LogP contribution in [0, 0.1) is 5.92 Å². The van der Waals surface area contributed by atoms with Gasteiger partial charge >= 0.3 is 5.97 Å². The van der Waals surface area contributed by atoms with E-state index < -0.39 is 0 Å². The summed E-state index contributed by atoms with van der Waals surface area (Å²) in [4.78, 5) is 26.5. The average molecular weight is 436 g/mol. The van der Waals surface area contributed by atoms with E-state index in [0.29, 0.717) is 22.0 Å². The number of rotatable bonds is 4. The van der Waals surface area contributed by atoms with Crippen molar-refractivity contribution in [1.82, 2.24) is 0 Å². The van der Waals surface area contributed by atoms with Crippen LogP contribution in [-0.4, -0.2) is 18.0 Å². The van der Waals surface area contributed by atoms with Gasteiger partial charge in [-0.25, -0.2) is 4.79 Å². The van der Waals surface area contributed by atoms with Crippen LogP contribution in [0.25, 0.3) is 0 Å². The zero-order chi connectivity index (χ0) is 18.8. The summed E-state index contributed by atoms with van der Waals surface area (Å²) in [7, 11) is 0. The van der Waals surface area contributed by atoms with Gasteiger partial charge in [-0.2, -0.15) is 0 Å². The second kappa shape index (κ2) is 7.92. The first-order valence-corrected chi connectivity index (χ1v) is 10.4. The summed E-state index contributed by atoms with van der Waals surface area (Å²) in [6.45, 7) is 5.88. The molecule has 0 saturated carbocycles. The van der Waals surface area contributed by atoms with E-state index in [1.165, 1.54) is 16.2 Å². The maximum atomic E-state index is 12.7. The van der Waals surface area contributed by atoms with Gasteiger partial charge in [0.1, 0.15) is 5.00 Å². The minimum Gasteiger partial charge on any atom is -0.459 e. The molecule has 6 heteroatoms. The van der Waals surface area contributed by atoms with E-state index in [-0.39, 0.29) is 18.0 Å². The van der Waals surface area contributed by atoms with Crippen LogP contribution in [0.5, 0.6) is 0 Å². The lowest BCUT2D eigenvalue weighted by molar-refractivity contribution is 0.0378. The van der Waals surface area contributed by atoms with E-state index in [1.54, 1.807) is 12.1 Å². The highest BCUT2D eigenvalue weighted by Gasteiger charge is 2.29. The minimum atomic E-state index is -0.350. The van der Waals surface area contributed by atoms with Gasteiger partial charge in [-0.15, -0.1) is 11.3 Å². The molecule has 1 aliphatic rings. The van der Waals surface area contributed by atoms with Gasteiger partial charge in [0.05, 0.1) is 11.7 Å². The Bertz CT molecular complexity index is 844. The molecule has 1 aromatic carbocycles. The van der Waals surface area contributed by atoms with Crippen LogP contribution in [0.15, 0.2) is 28.7 Å². The van der Waals surface area contributed by atoms with Gasteiger partial charge < -0.3 is 10.1 Å². The number of benzene rings is 1. The van der Waals surface area contributed by atoms with Crippen LogP contribution >= 0.6 is 27.3 Å². The Labute approximate surface area is 166 Å². The summed E-state index contributed by atoms with van der Waals surface area (Å²) < 4.78 is 6.28. The number of carbonyl (C=O) groups excluding carboxylic acids is 2. The van der Waals surface area contributed by atoms with Crippen molar-refractivity contribution >= 4 is 44.1 Å². The lowest BCUT2D eigenvalue weighted by Crippen LogP contribution is -2.18. The molecular formula is C20H22BrNO3S. The Morgan fingerprint density at radius 1 is 1.35 bits per heavy atom. The minimum absolute atomic E-state index is 0.200. The maximum absolute atomic E-state index is 12.7. The van der Waals surface area contributed by atoms with Crippen molar-refractivity contribution in [3.8, 4) is 0 Å². The molecule has 1 amide bonds. The first-order valence-electron chi connectivity index (χ1n) is 8.77. The first kappa shape index (κ1) is 19.1. The molecule has 26 heavy (non-hydrogen) atoms. The van der Waals surface area contributed by atoms with Gasteiger partial charge in [-0.1, -0.05) is 28.9 Å². The van der Waals surface area contributed by atoms with E-state index in [0.717, 1.165) is 29.3 Å². The van der Waals surface area contributed by atoms with Crippen molar-refractivity contribution in [3.05, 3.63) is 50.3 Å². The fraction of sp³-hybridized carbons (Fsp3) is 0.400. The van der Waals surface area contributed by atoms with Crippen molar-refractivity contribution in [2.24, 2.45) is 5.92 Å². The number of ether oxygens (including phenoxy) is 1. The van der Waals surface area contributed by atoms with E-state index in [1.807, 2.05) is 26.0 Å². The third-order valence-electron chi connectivity index (χ3n) is 4.37. The number of nitrogens with one attached hydrogen (secondary N) is 1. The number of amides is 1. The van der Waals surface area contributed by atoms with E-state index >= 15 is 0 Å². The van der Waals surface area contributed by atoms with Crippen LogP contribution in [0.3, 0.4) is 0 Å². The van der Waals surface area contributed by atoms with Gasteiger partial charge in [-0.3, -0.25) is 4.79 Å².